The van der Waals surface area contributed by atoms with E-state index in [1.54, 1.807) is 11.8 Å². The first-order valence-corrected chi connectivity index (χ1v) is 6.09. The molecule has 0 aromatic heterocycles. The molecule has 1 nitrogen and oxygen atoms in total. The van der Waals surface area contributed by atoms with Gasteiger partial charge in [0.1, 0.15) is 5.78 Å². The number of Topliss-reactive ketones (excluding diaryl/α,β-unsaturated/α-hetero) is 1. The molecule has 0 heterocycles. The number of hydrogen-bond donors (Lipinski definition) is 0. The van der Waals surface area contributed by atoms with Crippen molar-refractivity contribution in [1.29, 1.82) is 0 Å². The van der Waals surface area contributed by atoms with Gasteiger partial charge < -0.3 is 0 Å². The summed E-state index contributed by atoms with van der Waals surface area (Å²) < 4.78 is 0. The van der Waals surface area contributed by atoms with Crippen LogP contribution in [-0.4, -0.2) is 17.3 Å². The molecule has 0 N–H and O–H groups in total. The minimum Gasteiger partial charge on any atom is -0.298 e. The van der Waals surface area contributed by atoms with Crippen LogP contribution in [0.25, 0.3) is 0 Å². The van der Waals surface area contributed by atoms with E-state index in [0.717, 1.165) is 11.3 Å². The molecule has 0 spiro atoms. The summed E-state index contributed by atoms with van der Waals surface area (Å²) >= 11 is 7.47. The molecule has 1 rings (SSSR count). The molecule has 0 aliphatic carbocycles. The standard InChI is InChI=1S/C11H13ClOS/c1-2-14-8-11(13)7-9-4-3-5-10(12)6-9/h3-6H,2,7-8H2,1H3. The van der Waals surface area contributed by atoms with Crippen molar-refractivity contribution in [3.8, 4) is 0 Å². The van der Waals surface area contributed by atoms with Crippen LogP contribution in [0.2, 0.25) is 5.02 Å². The van der Waals surface area contributed by atoms with Crippen LogP contribution in [0.3, 0.4) is 0 Å². The zero-order valence-corrected chi connectivity index (χ0v) is 9.70. The lowest BCUT2D eigenvalue weighted by atomic mass is 10.1. The van der Waals surface area contributed by atoms with Crippen molar-refractivity contribution in [3.63, 3.8) is 0 Å². The highest BCUT2D eigenvalue weighted by atomic mass is 35.5. The van der Waals surface area contributed by atoms with Gasteiger partial charge in [0.25, 0.3) is 0 Å². The number of ketones is 1. The molecular formula is C11H13ClOS. The van der Waals surface area contributed by atoms with Crippen LogP contribution in [0.5, 0.6) is 0 Å². The molecule has 0 amide bonds. The van der Waals surface area contributed by atoms with Gasteiger partial charge in [0, 0.05) is 11.4 Å². The Balaban J connectivity index is 2.47. The first kappa shape index (κ1) is 11.6. The summed E-state index contributed by atoms with van der Waals surface area (Å²) in [5, 5.41) is 0.693. The second-order valence-corrected chi connectivity index (χ2v) is 4.69. The van der Waals surface area contributed by atoms with E-state index in [1.807, 2.05) is 24.3 Å². The summed E-state index contributed by atoms with van der Waals surface area (Å²) in [4.78, 5) is 11.4. The van der Waals surface area contributed by atoms with Crippen molar-refractivity contribution in [2.24, 2.45) is 0 Å². The van der Waals surface area contributed by atoms with E-state index in [0.29, 0.717) is 17.2 Å². The Morgan fingerprint density at radius 2 is 2.29 bits per heavy atom. The van der Waals surface area contributed by atoms with Crippen molar-refractivity contribution in [3.05, 3.63) is 34.9 Å². The number of rotatable bonds is 5. The summed E-state index contributed by atoms with van der Waals surface area (Å²) in [7, 11) is 0. The Morgan fingerprint density at radius 1 is 1.50 bits per heavy atom. The summed E-state index contributed by atoms with van der Waals surface area (Å²) in [5.41, 5.74) is 0.999. The van der Waals surface area contributed by atoms with Gasteiger partial charge in [-0.2, -0.15) is 11.8 Å². The number of thioether (sulfide) groups is 1. The van der Waals surface area contributed by atoms with E-state index < -0.39 is 0 Å². The van der Waals surface area contributed by atoms with Gasteiger partial charge in [0.05, 0.1) is 5.75 Å². The fourth-order valence-corrected chi connectivity index (χ4v) is 1.89. The molecule has 0 aliphatic heterocycles. The highest BCUT2D eigenvalue weighted by Crippen LogP contribution is 2.12. The monoisotopic (exact) mass is 228 g/mol. The maximum Gasteiger partial charge on any atom is 0.147 e. The minimum atomic E-state index is 0.263. The van der Waals surface area contributed by atoms with E-state index in [2.05, 4.69) is 6.92 Å². The number of carbonyl (C=O) groups is 1. The van der Waals surface area contributed by atoms with Crippen molar-refractivity contribution in [2.45, 2.75) is 13.3 Å². The maximum absolute atomic E-state index is 11.4. The van der Waals surface area contributed by atoms with Gasteiger partial charge in [0.2, 0.25) is 0 Å². The summed E-state index contributed by atoms with van der Waals surface area (Å²) in [5.74, 6) is 1.85. The molecule has 0 fully saturated rings. The molecule has 0 unspecified atom stereocenters. The molecule has 14 heavy (non-hydrogen) atoms. The molecule has 1 aromatic carbocycles. The Kier molecular flexibility index (Phi) is 5.05. The van der Waals surface area contributed by atoms with Crippen LogP contribution in [0.15, 0.2) is 24.3 Å². The third-order valence-corrected chi connectivity index (χ3v) is 2.93. The van der Waals surface area contributed by atoms with E-state index in [4.69, 9.17) is 11.6 Å². The molecule has 1 aromatic rings. The largest absolute Gasteiger partial charge is 0.298 e. The second kappa shape index (κ2) is 6.10. The number of halogens is 1. The Labute approximate surface area is 93.8 Å². The predicted molar refractivity (Wildman–Crippen MR) is 63.2 cm³/mol. The molecular weight excluding hydrogens is 216 g/mol. The normalized spacial score (nSPS) is 10.1. The zero-order chi connectivity index (χ0) is 10.4. The molecule has 76 valence electrons. The summed E-state index contributed by atoms with van der Waals surface area (Å²) in [6.07, 6.45) is 0.494. The zero-order valence-electron chi connectivity index (χ0n) is 8.13. The van der Waals surface area contributed by atoms with Gasteiger partial charge in [-0.05, 0) is 23.4 Å². The third kappa shape index (κ3) is 4.16. The van der Waals surface area contributed by atoms with Crippen molar-refractivity contribution in [1.82, 2.24) is 0 Å². The van der Waals surface area contributed by atoms with Crippen molar-refractivity contribution < 1.29 is 4.79 Å². The first-order valence-electron chi connectivity index (χ1n) is 4.56. The minimum absolute atomic E-state index is 0.263. The van der Waals surface area contributed by atoms with Crippen LogP contribution in [0.4, 0.5) is 0 Å². The van der Waals surface area contributed by atoms with Crippen molar-refractivity contribution in [2.75, 3.05) is 11.5 Å². The van der Waals surface area contributed by atoms with Gasteiger partial charge in [-0.15, -0.1) is 0 Å². The Bertz CT molecular complexity index is 312. The van der Waals surface area contributed by atoms with Gasteiger partial charge in [-0.3, -0.25) is 4.79 Å². The lowest BCUT2D eigenvalue weighted by molar-refractivity contribution is -0.115. The SMILES string of the molecule is CCSCC(=O)Cc1cccc(Cl)c1. The highest BCUT2D eigenvalue weighted by Gasteiger charge is 2.03. The van der Waals surface area contributed by atoms with Gasteiger partial charge in [-0.1, -0.05) is 30.7 Å². The average molecular weight is 229 g/mol. The summed E-state index contributed by atoms with van der Waals surface area (Å²) in [6, 6.07) is 7.46. The van der Waals surface area contributed by atoms with Gasteiger partial charge in [-0.25, -0.2) is 0 Å². The number of carbonyl (C=O) groups excluding carboxylic acids is 1. The molecule has 0 aliphatic rings. The molecule has 0 saturated heterocycles. The average Bonchev–Trinajstić information content (AvgIpc) is 2.15. The molecule has 0 atom stereocenters. The van der Waals surface area contributed by atoms with Crippen LogP contribution in [0, 0.1) is 0 Å². The van der Waals surface area contributed by atoms with Crippen LogP contribution >= 0.6 is 23.4 Å². The van der Waals surface area contributed by atoms with Gasteiger partial charge in [0.15, 0.2) is 0 Å². The maximum atomic E-state index is 11.4. The molecule has 0 saturated carbocycles. The number of benzene rings is 1. The van der Waals surface area contributed by atoms with E-state index in [-0.39, 0.29) is 5.78 Å². The highest BCUT2D eigenvalue weighted by molar-refractivity contribution is 7.99. The molecule has 0 radical (unpaired) electrons. The lowest BCUT2D eigenvalue weighted by Gasteiger charge is -2.00. The fourth-order valence-electron chi connectivity index (χ4n) is 1.14. The first-order chi connectivity index (χ1) is 6.72. The van der Waals surface area contributed by atoms with Crippen molar-refractivity contribution >= 4 is 29.1 Å². The third-order valence-electron chi connectivity index (χ3n) is 1.76. The van der Waals surface area contributed by atoms with Crippen LogP contribution < -0.4 is 0 Å². The van der Waals surface area contributed by atoms with Crippen LogP contribution in [-0.2, 0) is 11.2 Å². The quantitative estimate of drug-likeness (QED) is 0.770. The molecule has 3 heteroatoms. The van der Waals surface area contributed by atoms with E-state index >= 15 is 0 Å². The fraction of sp³-hybridized carbons (Fsp3) is 0.364. The topological polar surface area (TPSA) is 17.1 Å². The predicted octanol–water partition coefficient (Wildman–Crippen LogP) is 3.20. The smallest absolute Gasteiger partial charge is 0.147 e. The Hall–Kier alpha value is -0.470. The second-order valence-electron chi connectivity index (χ2n) is 2.98. The summed E-state index contributed by atoms with van der Waals surface area (Å²) in [6.45, 7) is 2.05. The molecule has 0 bridgehead atoms. The number of hydrogen-bond acceptors (Lipinski definition) is 2. The van der Waals surface area contributed by atoms with E-state index in [9.17, 15) is 4.79 Å². The van der Waals surface area contributed by atoms with E-state index in [1.165, 1.54) is 0 Å². The lowest BCUT2D eigenvalue weighted by Crippen LogP contribution is -2.05. The van der Waals surface area contributed by atoms with Gasteiger partial charge >= 0.3 is 0 Å². The Morgan fingerprint density at radius 3 is 2.93 bits per heavy atom. The van der Waals surface area contributed by atoms with Crippen LogP contribution in [0.1, 0.15) is 12.5 Å².